The number of carbonyl (C=O) groups is 1. The molecule has 144 valence electrons. The van der Waals surface area contributed by atoms with Crippen molar-refractivity contribution in [1.29, 1.82) is 0 Å². The van der Waals surface area contributed by atoms with Gasteiger partial charge < -0.3 is 4.79 Å². The molecule has 25 heavy (non-hydrogen) atoms. The van der Waals surface area contributed by atoms with Crippen LogP contribution >= 0.6 is 34.8 Å². The van der Waals surface area contributed by atoms with E-state index in [0.717, 1.165) is 44.9 Å². The molecule has 3 aliphatic carbocycles. The van der Waals surface area contributed by atoms with Gasteiger partial charge in [-0.15, -0.1) is 34.8 Å². The van der Waals surface area contributed by atoms with E-state index >= 15 is 0 Å². The van der Waals surface area contributed by atoms with Crippen LogP contribution < -0.4 is 0 Å². The molecule has 0 heterocycles. The smallest absolute Gasteiger partial charge is 0.120 e. The van der Waals surface area contributed by atoms with E-state index in [4.69, 9.17) is 34.8 Å². The molecule has 0 unspecified atom stereocenters. The molecule has 0 aromatic carbocycles. The lowest BCUT2D eigenvalue weighted by Crippen LogP contribution is -2.48. The Balaban J connectivity index is 1.87. The highest BCUT2D eigenvalue weighted by Gasteiger charge is 2.51. The molecule has 4 heteroatoms. The first-order valence-corrected chi connectivity index (χ1v) is 11.7. The van der Waals surface area contributed by atoms with Gasteiger partial charge in [0, 0.05) is 22.6 Å². The highest BCUT2D eigenvalue weighted by Crippen LogP contribution is 2.58. The topological polar surface area (TPSA) is 17.1 Å². The predicted molar refractivity (Wildman–Crippen MR) is 108 cm³/mol. The standard InChI is InChI=1S/C21H33Cl3O/c22-18-7-1-15(2-8-18)21(13-14-25,16-3-9-19(23)10-4-16)17-5-11-20(24)12-6-17/h14-20H,1-13H2. The SMILES string of the molecule is O=CCC(C1CCC(Cl)CC1)(C1CCC(Cl)CC1)C1CCC(Cl)CC1. The third-order valence-electron chi connectivity index (χ3n) is 7.69. The molecule has 0 radical (unpaired) electrons. The lowest BCUT2D eigenvalue weighted by atomic mass is 9.50. The van der Waals surface area contributed by atoms with Gasteiger partial charge in [-0.1, -0.05) is 0 Å². The van der Waals surface area contributed by atoms with Crippen molar-refractivity contribution >= 4 is 41.1 Å². The van der Waals surface area contributed by atoms with Crippen LogP contribution in [0.5, 0.6) is 0 Å². The number of carbonyl (C=O) groups excluding carboxylic acids is 1. The summed E-state index contributed by atoms with van der Waals surface area (Å²) in [7, 11) is 0. The van der Waals surface area contributed by atoms with Crippen LogP contribution in [0.3, 0.4) is 0 Å². The molecule has 0 bridgehead atoms. The Bertz CT molecular complexity index is 362. The van der Waals surface area contributed by atoms with Crippen LogP contribution in [-0.4, -0.2) is 22.4 Å². The molecule has 3 saturated carbocycles. The second-order valence-electron chi connectivity index (χ2n) is 8.83. The number of alkyl halides is 3. The van der Waals surface area contributed by atoms with Crippen molar-refractivity contribution in [2.24, 2.45) is 23.2 Å². The summed E-state index contributed by atoms with van der Waals surface area (Å²) in [5, 5.41) is 1.01. The summed E-state index contributed by atoms with van der Waals surface area (Å²) in [4.78, 5) is 11.9. The monoisotopic (exact) mass is 406 g/mol. The van der Waals surface area contributed by atoms with E-state index in [1.54, 1.807) is 0 Å². The van der Waals surface area contributed by atoms with Crippen LogP contribution in [0, 0.1) is 23.2 Å². The second kappa shape index (κ2) is 9.16. The van der Waals surface area contributed by atoms with Crippen molar-refractivity contribution in [3.8, 4) is 0 Å². The normalized spacial score (nSPS) is 42.5. The first-order chi connectivity index (χ1) is 12.1. The molecule has 3 aliphatic rings. The quantitative estimate of drug-likeness (QED) is 0.356. The van der Waals surface area contributed by atoms with Crippen LogP contribution in [-0.2, 0) is 4.79 Å². The van der Waals surface area contributed by atoms with Gasteiger partial charge >= 0.3 is 0 Å². The number of aldehydes is 1. The minimum Gasteiger partial charge on any atom is -0.303 e. The van der Waals surface area contributed by atoms with Gasteiger partial charge in [0.15, 0.2) is 0 Å². The maximum Gasteiger partial charge on any atom is 0.120 e. The summed E-state index contributed by atoms with van der Waals surface area (Å²) < 4.78 is 0. The Hall–Kier alpha value is 0.540. The Labute approximate surface area is 168 Å². The van der Waals surface area contributed by atoms with E-state index in [9.17, 15) is 4.79 Å². The molecule has 0 aromatic heterocycles. The molecule has 0 spiro atoms. The molecule has 3 fully saturated rings. The van der Waals surface area contributed by atoms with Crippen LogP contribution in [0.15, 0.2) is 0 Å². The van der Waals surface area contributed by atoms with E-state index in [1.807, 2.05) is 0 Å². The van der Waals surface area contributed by atoms with Crippen molar-refractivity contribution in [2.75, 3.05) is 0 Å². The van der Waals surface area contributed by atoms with Gasteiger partial charge in [-0.3, -0.25) is 0 Å². The van der Waals surface area contributed by atoms with E-state index < -0.39 is 0 Å². The Morgan fingerprint density at radius 1 is 0.600 bits per heavy atom. The largest absolute Gasteiger partial charge is 0.303 e. The lowest BCUT2D eigenvalue weighted by molar-refractivity contribution is -0.118. The Morgan fingerprint density at radius 2 is 0.880 bits per heavy atom. The van der Waals surface area contributed by atoms with Crippen LogP contribution in [0.25, 0.3) is 0 Å². The molecule has 1 nitrogen and oxygen atoms in total. The Kier molecular flexibility index (Phi) is 7.43. The zero-order valence-electron chi connectivity index (χ0n) is 15.3. The highest BCUT2D eigenvalue weighted by atomic mass is 35.5. The van der Waals surface area contributed by atoms with Crippen LogP contribution in [0.1, 0.15) is 83.5 Å². The van der Waals surface area contributed by atoms with Crippen molar-refractivity contribution in [1.82, 2.24) is 0 Å². The number of rotatable bonds is 5. The molecule has 0 aliphatic heterocycles. The minimum absolute atomic E-state index is 0.173. The maximum absolute atomic E-state index is 11.9. The fourth-order valence-electron chi connectivity index (χ4n) is 6.41. The Morgan fingerprint density at radius 3 is 1.12 bits per heavy atom. The first-order valence-electron chi connectivity index (χ1n) is 10.4. The third kappa shape index (κ3) is 4.52. The molecule has 0 aromatic rings. The number of hydrogen-bond donors (Lipinski definition) is 0. The second-order valence-corrected chi connectivity index (χ2v) is 10.7. The van der Waals surface area contributed by atoms with Crippen molar-refractivity contribution in [3.05, 3.63) is 0 Å². The van der Waals surface area contributed by atoms with Crippen molar-refractivity contribution < 1.29 is 4.79 Å². The number of hydrogen-bond acceptors (Lipinski definition) is 1. The average Bonchev–Trinajstić information content (AvgIpc) is 2.62. The lowest BCUT2D eigenvalue weighted by Gasteiger charge is -2.55. The van der Waals surface area contributed by atoms with E-state index in [2.05, 4.69) is 0 Å². The molecular formula is C21H33Cl3O. The first kappa shape index (κ1) is 20.3. The molecule has 0 amide bonds. The van der Waals surface area contributed by atoms with Gasteiger partial charge in [-0.25, -0.2) is 0 Å². The zero-order chi connectivity index (χ0) is 17.9. The van der Waals surface area contributed by atoms with Crippen LogP contribution in [0.4, 0.5) is 0 Å². The van der Waals surface area contributed by atoms with Crippen molar-refractivity contribution in [3.63, 3.8) is 0 Å². The van der Waals surface area contributed by atoms with Gasteiger partial charge in [0.25, 0.3) is 0 Å². The van der Waals surface area contributed by atoms with Crippen LogP contribution in [0.2, 0.25) is 0 Å². The van der Waals surface area contributed by atoms with Gasteiger partial charge in [-0.2, -0.15) is 0 Å². The van der Waals surface area contributed by atoms with E-state index in [-0.39, 0.29) is 5.41 Å². The molecule has 0 saturated heterocycles. The predicted octanol–water partition coefficient (Wildman–Crippen LogP) is 6.95. The molecule has 0 atom stereocenters. The zero-order valence-corrected chi connectivity index (χ0v) is 17.5. The number of halogens is 3. The average molecular weight is 408 g/mol. The molecule has 3 rings (SSSR count). The van der Waals surface area contributed by atoms with Gasteiger partial charge in [0.2, 0.25) is 0 Å². The van der Waals surface area contributed by atoms with E-state index in [0.29, 0.717) is 33.9 Å². The summed E-state index contributed by atoms with van der Waals surface area (Å²) in [5.41, 5.74) is 0.173. The van der Waals surface area contributed by atoms with Gasteiger partial charge in [0.1, 0.15) is 6.29 Å². The van der Waals surface area contributed by atoms with Gasteiger partial charge in [-0.05, 0) is 100 Å². The van der Waals surface area contributed by atoms with E-state index in [1.165, 1.54) is 44.8 Å². The highest BCUT2D eigenvalue weighted by molar-refractivity contribution is 6.21. The fraction of sp³-hybridized carbons (Fsp3) is 0.952. The minimum atomic E-state index is 0.173. The van der Waals surface area contributed by atoms with Gasteiger partial charge in [0.05, 0.1) is 0 Å². The summed E-state index contributed by atoms with van der Waals surface area (Å²) >= 11 is 19.2. The summed E-state index contributed by atoms with van der Waals surface area (Å²) in [5.74, 6) is 1.96. The summed E-state index contributed by atoms with van der Waals surface area (Å²) in [6.07, 6.45) is 15.8. The summed E-state index contributed by atoms with van der Waals surface area (Å²) in [6, 6.07) is 0. The summed E-state index contributed by atoms with van der Waals surface area (Å²) in [6.45, 7) is 0. The maximum atomic E-state index is 11.9. The molecular weight excluding hydrogens is 375 g/mol. The third-order valence-corrected chi connectivity index (χ3v) is 9.00. The molecule has 0 N–H and O–H groups in total. The van der Waals surface area contributed by atoms with Crippen molar-refractivity contribution in [2.45, 2.75) is 99.6 Å². The fourth-order valence-corrected chi connectivity index (χ4v) is 7.17.